The molecule has 0 unspecified atom stereocenters. The molecule has 0 amide bonds. The first-order valence-electron chi connectivity index (χ1n) is 7.45. The summed E-state index contributed by atoms with van der Waals surface area (Å²) < 4.78 is 0.888. The predicted molar refractivity (Wildman–Crippen MR) is 97.6 cm³/mol. The largest absolute Gasteiger partial charge is 0.303 e. The van der Waals surface area contributed by atoms with E-state index < -0.39 is 0 Å². The van der Waals surface area contributed by atoms with Crippen LogP contribution in [-0.4, -0.2) is 34.8 Å². The summed E-state index contributed by atoms with van der Waals surface area (Å²) in [5.74, 6) is 0. The monoisotopic (exact) mass is 372 g/mol. The summed E-state index contributed by atoms with van der Waals surface area (Å²) in [5.41, 5.74) is 0. The van der Waals surface area contributed by atoms with Crippen LogP contribution in [0.4, 0.5) is 0 Å². The number of aromatic nitrogens is 1. The quantitative estimate of drug-likeness (QED) is 0.666. The van der Waals surface area contributed by atoms with E-state index in [0.717, 1.165) is 35.4 Å². The minimum Gasteiger partial charge on any atom is -0.303 e. The van der Waals surface area contributed by atoms with E-state index >= 15 is 0 Å². The minimum absolute atomic E-state index is 0.581. The van der Waals surface area contributed by atoms with Crippen molar-refractivity contribution in [2.45, 2.75) is 29.5 Å². The van der Waals surface area contributed by atoms with Crippen LogP contribution in [0.25, 0.3) is 0 Å². The second-order valence-electron chi connectivity index (χ2n) is 5.41. The topological polar surface area (TPSA) is 16.1 Å². The van der Waals surface area contributed by atoms with E-state index in [0.29, 0.717) is 10.4 Å². The van der Waals surface area contributed by atoms with E-state index in [-0.39, 0.29) is 0 Å². The average Bonchev–Trinajstić information content (AvgIpc) is 2.92. The van der Waals surface area contributed by atoms with E-state index in [1.807, 2.05) is 36.0 Å². The Labute approximate surface area is 149 Å². The van der Waals surface area contributed by atoms with Crippen LogP contribution in [0.2, 0.25) is 9.49 Å². The normalized spacial score (nSPS) is 17.0. The van der Waals surface area contributed by atoms with Crippen molar-refractivity contribution in [1.82, 2.24) is 9.88 Å². The molecule has 3 rings (SSSR count). The van der Waals surface area contributed by atoms with Gasteiger partial charge in [-0.3, -0.25) is 0 Å². The number of thiophene rings is 1. The van der Waals surface area contributed by atoms with Gasteiger partial charge in [0.1, 0.15) is 5.15 Å². The van der Waals surface area contributed by atoms with Gasteiger partial charge in [-0.25, -0.2) is 4.98 Å². The number of halogens is 2. The average molecular weight is 373 g/mol. The van der Waals surface area contributed by atoms with Crippen molar-refractivity contribution in [2.75, 3.05) is 19.6 Å². The summed E-state index contributed by atoms with van der Waals surface area (Å²) in [5, 5.41) is 2.27. The van der Waals surface area contributed by atoms with Gasteiger partial charge < -0.3 is 4.90 Å². The number of rotatable bonds is 5. The van der Waals surface area contributed by atoms with Crippen molar-refractivity contribution in [3.63, 3.8) is 0 Å². The molecule has 2 aromatic heterocycles. The fourth-order valence-corrected chi connectivity index (χ4v) is 5.02. The highest BCUT2D eigenvalue weighted by atomic mass is 35.5. The van der Waals surface area contributed by atoms with Crippen LogP contribution in [0, 0.1) is 0 Å². The Morgan fingerprint density at radius 3 is 2.68 bits per heavy atom. The fraction of sp³-hybridized carbons (Fsp3) is 0.438. The Kier molecular flexibility index (Phi) is 6.05. The van der Waals surface area contributed by atoms with E-state index in [2.05, 4.69) is 16.0 Å². The molecule has 0 bridgehead atoms. The Hall–Kier alpha value is -0.260. The number of hydrogen-bond acceptors (Lipinski definition) is 4. The van der Waals surface area contributed by atoms with Gasteiger partial charge in [0.15, 0.2) is 0 Å². The standard InChI is InChI=1S/C16H18Cl2N2S2/c17-14-2-1-3-16(19-14)22-13-7-10-20(11-8-13)9-6-12-4-5-15(18)21-12/h1-5,13H,6-11H2. The molecule has 0 spiro atoms. The van der Waals surface area contributed by atoms with Gasteiger partial charge in [0.05, 0.1) is 9.36 Å². The van der Waals surface area contributed by atoms with Crippen LogP contribution in [0.15, 0.2) is 35.4 Å². The Morgan fingerprint density at radius 2 is 2.00 bits per heavy atom. The molecule has 1 aliphatic rings. The van der Waals surface area contributed by atoms with Crippen molar-refractivity contribution in [3.05, 3.63) is 44.7 Å². The van der Waals surface area contributed by atoms with Crippen LogP contribution in [0.1, 0.15) is 17.7 Å². The summed E-state index contributed by atoms with van der Waals surface area (Å²) in [6, 6.07) is 9.97. The maximum atomic E-state index is 5.98. The van der Waals surface area contributed by atoms with Crippen molar-refractivity contribution in [1.29, 1.82) is 0 Å². The third-order valence-electron chi connectivity index (χ3n) is 3.81. The van der Waals surface area contributed by atoms with Crippen molar-refractivity contribution >= 4 is 46.3 Å². The SMILES string of the molecule is Clc1cccc(SC2CCN(CCc3ccc(Cl)s3)CC2)n1. The number of hydrogen-bond donors (Lipinski definition) is 0. The van der Waals surface area contributed by atoms with Gasteiger partial charge in [-0.15, -0.1) is 23.1 Å². The molecular weight excluding hydrogens is 355 g/mol. The maximum Gasteiger partial charge on any atom is 0.130 e. The molecule has 0 aliphatic carbocycles. The lowest BCUT2D eigenvalue weighted by atomic mass is 10.1. The first-order chi connectivity index (χ1) is 10.7. The second-order valence-corrected chi connectivity index (χ2v) is 8.92. The van der Waals surface area contributed by atoms with E-state index in [9.17, 15) is 0 Å². The molecule has 0 aromatic carbocycles. The molecule has 0 radical (unpaired) electrons. The number of nitrogens with zero attached hydrogens (tertiary/aromatic N) is 2. The van der Waals surface area contributed by atoms with Gasteiger partial charge >= 0.3 is 0 Å². The number of likely N-dealkylation sites (tertiary alicyclic amines) is 1. The Balaban J connectivity index is 1.42. The molecule has 0 N–H and O–H groups in total. The third kappa shape index (κ3) is 4.87. The summed E-state index contributed by atoms with van der Waals surface area (Å²) in [6.07, 6.45) is 3.53. The molecule has 2 nitrogen and oxygen atoms in total. The molecule has 0 atom stereocenters. The predicted octanol–water partition coefficient (Wildman–Crippen LogP) is 5.25. The Morgan fingerprint density at radius 1 is 1.18 bits per heavy atom. The van der Waals surface area contributed by atoms with Gasteiger partial charge in [0, 0.05) is 16.7 Å². The number of piperidine rings is 1. The molecular formula is C16H18Cl2N2S2. The summed E-state index contributed by atoms with van der Waals surface area (Å²) in [6.45, 7) is 3.46. The van der Waals surface area contributed by atoms with Gasteiger partial charge in [-0.1, -0.05) is 29.3 Å². The van der Waals surface area contributed by atoms with Crippen LogP contribution in [0.5, 0.6) is 0 Å². The van der Waals surface area contributed by atoms with Crippen molar-refractivity contribution in [3.8, 4) is 0 Å². The number of pyridine rings is 1. The molecule has 1 fully saturated rings. The van der Waals surface area contributed by atoms with Gasteiger partial charge in [0.25, 0.3) is 0 Å². The lowest BCUT2D eigenvalue weighted by molar-refractivity contribution is 0.236. The summed E-state index contributed by atoms with van der Waals surface area (Å²) >= 11 is 15.5. The van der Waals surface area contributed by atoms with Crippen LogP contribution in [0.3, 0.4) is 0 Å². The van der Waals surface area contributed by atoms with Gasteiger partial charge in [0.2, 0.25) is 0 Å². The van der Waals surface area contributed by atoms with Crippen LogP contribution >= 0.6 is 46.3 Å². The highest BCUT2D eigenvalue weighted by molar-refractivity contribution is 7.99. The Bertz CT molecular complexity index is 610. The minimum atomic E-state index is 0.581. The highest BCUT2D eigenvalue weighted by Gasteiger charge is 2.20. The lowest BCUT2D eigenvalue weighted by Gasteiger charge is -2.31. The molecule has 1 aliphatic heterocycles. The lowest BCUT2D eigenvalue weighted by Crippen LogP contribution is -2.36. The zero-order chi connectivity index (χ0) is 15.4. The molecule has 2 aromatic rings. The third-order valence-corrected chi connectivity index (χ3v) is 6.59. The number of thioether (sulfide) groups is 1. The molecule has 0 saturated carbocycles. The first-order valence-corrected chi connectivity index (χ1v) is 9.90. The highest BCUT2D eigenvalue weighted by Crippen LogP contribution is 2.30. The van der Waals surface area contributed by atoms with Crippen molar-refractivity contribution in [2.24, 2.45) is 0 Å². The summed E-state index contributed by atoms with van der Waals surface area (Å²) in [7, 11) is 0. The van der Waals surface area contributed by atoms with Crippen LogP contribution < -0.4 is 0 Å². The van der Waals surface area contributed by atoms with E-state index in [1.165, 1.54) is 17.7 Å². The molecule has 22 heavy (non-hydrogen) atoms. The smallest absolute Gasteiger partial charge is 0.130 e. The van der Waals surface area contributed by atoms with Gasteiger partial charge in [-0.2, -0.15) is 0 Å². The zero-order valence-corrected chi connectivity index (χ0v) is 15.3. The summed E-state index contributed by atoms with van der Waals surface area (Å²) in [4.78, 5) is 8.30. The molecule has 6 heteroatoms. The second kappa shape index (κ2) is 8.02. The maximum absolute atomic E-state index is 5.98. The fourth-order valence-electron chi connectivity index (χ4n) is 2.63. The molecule has 1 saturated heterocycles. The zero-order valence-electron chi connectivity index (χ0n) is 12.2. The van der Waals surface area contributed by atoms with Gasteiger partial charge in [-0.05, 0) is 56.6 Å². The van der Waals surface area contributed by atoms with E-state index in [1.54, 1.807) is 11.3 Å². The van der Waals surface area contributed by atoms with Crippen molar-refractivity contribution < 1.29 is 0 Å². The molecule has 3 heterocycles. The first kappa shape index (κ1) is 16.6. The van der Waals surface area contributed by atoms with E-state index in [4.69, 9.17) is 23.2 Å². The van der Waals surface area contributed by atoms with Crippen LogP contribution in [-0.2, 0) is 6.42 Å². The molecule has 118 valence electrons.